The zero-order chi connectivity index (χ0) is 39.2. The summed E-state index contributed by atoms with van der Waals surface area (Å²) in [6.07, 6.45) is 6.96. The number of likely N-dealkylation sites (tertiary alicyclic amines) is 1. The largest absolute Gasteiger partial charge is 0.497 e. The number of hydrogen-bond donors (Lipinski definition) is 4. The quantitative estimate of drug-likeness (QED) is 0.116. The molecule has 1 aromatic heterocycles. The molecule has 0 unspecified atom stereocenters. The van der Waals surface area contributed by atoms with Crippen molar-refractivity contribution < 1.29 is 33.8 Å². The Morgan fingerprint density at radius 3 is 2.41 bits per heavy atom. The predicted octanol–water partition coefficient (Wildman–Crippen LogP) is 5.90. The zero-order valence-corrected chi connectivity index (χ0v) is 31.6. The van der Waals surface area contributed by atoms with Gasteiger partial charge in [-0.2, -0.15) is 0 Å². The lowest BCUT2D eigenvalue weighted by Crippen LogP contribution is -2.57. The van der Waals surface area contributed by atoms with Crippen molar-refractivity contribution in [1.82, 2.24) is 25.8 Å². The van der Waals surface area contributed by atoms with E-state index in [4.69, 9.17) is 14.5 Å². The third-order valence-corrected chi connectivity index (χ3v) is 11.4. The smallest absolute Gasteiger partial charge is 0.330 e. The van der Waals surface area contributed by atoms with Crippen molar-refractivity contribution in [2.75, 3.05) is 20.2 Å². The Kier molecular flexibility index (Phi) is 11.5. The number of urea groups is 1. The van der Waals surface area contributed by atoms with Crippen LogP contribution in [0.4, 0.5) is 4.79 Å². The molecule has 56 heavy (non-hydrogen) atoms. The summed E-state index contributed by atoms with van der Waals surface area (Å²) in [4.78, 5) is 60.9. The fraction of sp³-hybridized carbons (Fsp3) is 0.386. The Bertz CT molecular complexity index is 2070. The molecule has 7 rings (SSSR count). The maximum atomic E-state index is 14.4. The standard InChI is InChI=1S/C44H49N5O7/c1-3-31-25-44(31,42(52)53)48-41(51)38-23-33(56-39-24-35(30-17-11-6-12-18-30)46-36-22-32(55-2)19-20-34(36)39)27-49(38)43(54)47-37(21-28-13-7-4-8-14-28)40(50)45-26-29-15-9-5-10-16-29/h3-4,6-8,11-14,17-20,22,24,29,31,33,37-38H,1,5,9-10,15-16,21,23,25-27H2,2H3,(H,45,50)(H,47,54)(H,48,51)(H,52,53)/t31-,33-,37+,38+,44-/m1/s1. The number of methoxy groups -OCH3 is 1. The van der Waals surface area contributed by atoms with Crippen LogP contribution in [0.25, 0.3) is 22.2 Å². The summed E-state index contributed by atoms with van der Waals surface area (Å²) in [5.74, 6) is -1.01. The first-order valence-corrected chi connectivity index (χ1v) is 19.4. The Hall–Kier alpha value is -5.91. The van der Waals surface area contributed by atoms with E-state index in [1.807, 2.05) is 84.9 Å². The van der Waals surface area contributed by atoms with E-state index in [1.165, 1.54) is 17.4 Å². The number of carboxylic acid groups (broad SMARTS) is 1. The second kappa shape index (κ2) is 16.8. The molecule has 0 spiro atoms. The molecule has 0 radical (unpaired) electrons. The van der Waals surface area contributed by atoms with E-state index < -0.39 is 47.6 Å². The summed E-state index contributed by atoms with van der Waals surface area (Å²) in [5.41, 5.74) is 1.54. The Labute approximate surface area is 326 Å². The number of amides is 4. The van der Waals surface area contributed by atoms with E-state index in [1.54, 1.807) is 7.11 Å². The average Bonchev–Trinajstić information content (AvgIpc) is 3.79. The van der Waals surface area contributed by atoms with Crippen LogP contribution >= 0.6 is 0 Å². The molecule has 0 bridgehead atoms. The van der Waals surface area contributed by atoms with E-state index >= 15 is 0 Å². The summed E-state index contributed by atoms with van der Waals surface area (Å²) in [5, 5.41) is 19.6. The molecule has 12 heteroatoms. The Morgan fingerprint density at radius 1 is 1.00 bits per heavy atom. The number of benzene rings is 3. The van der Waals surface area contributed by atoms with Crippen LogP contribution in [0.5, 0.6) is 11.5 Å². The molecule has 1 saturated heterocycles. The van der Waals surface area contributed by atoms with Crippen LogP contribution < -0.4 is 25.4 Å². The molecular weight excluding hydrogens is 711 g/mol. The summed E-state index contributed by atoms with van der Waals surface area (Å²) >= 11 is 0. The van der Waals surface area contributed by atoms with Gasteiger partial charge in [0.15, 0.2) is 0 Å². The highest BCUT2D eigenvalue weighted by atomic mass is 16.5. The van der Waals surface area contributed by atoms with E-state index in [-0.39, 0.29) is 31.7 Å². The van der Waals surface area contributed by atoms with E-state index in [9.17, 15) is 24.3 Å². The molecule has 4 N–H and O–H groups in total. The van der Waals surface area contributed by atoms with Crippen molar-refractivity contribution in [3.8, 4) is 22.8 Å². The van der Waals surface area contributed by atoms with Gasteiger partial charge in [-0.05, 0) is 42.9 Å². The molecule has 3 aliphatic rings. The second-order valence-corrected chi connectivity index (χ2v) is 15.2. The third kappa shape index (κ3) is 8.49. The fourth-order valence-corrected chi connectivity index (χ4v) is 8.06. The van der Waals surface area contributed by atoms with Gasteiger partial charge in [0, 0.05) is 48.4 Å². The van der Waals surface area contributed by atoms with Crippen LogP contribution in [-0.2, 0) is 20.8 Å². The first-order chi connectivity index (χ1) is 27.2. The molecule has 4 aromatic rings. The molecule has 12 nitrogen and oxygen atoms in total. The normalized spacial score (nSPS) is 22.4. The lowest BCUT2D eigenvalue weighted by Gasteiger charge is -2.28. The number of nitrogens with one attached hydrogen (secondary N) is 3. The number of ether oxygens (including phenoxy) is 2. The number of rotatable bonds is 14. The SMILES string of the molecule is C=C[C@@H]1C[C@]1(NC(=O)[C@@H]1C[C@@H](Oc2cc(-c3ccccc3)nc3cc(OC)ccc23)CN1C(=O)N[C@@H](Cc1ccccc1)C(=O)NCC1CCCCC1)C(=O)O. The van der Waals surface area contributed by atoms with Crippen LogP contribution in [-0.4, -0.2) is 82.7 Å². The van der Waals surface area contributed by atoms with Gasteiger partial charge >= 0.3 is 12.0 Å². The molecule has 4 amide bonds. The Morgan fingerprint density at radius 2 is 1.73 bits per heavy atom. The van der Waals surface area contributed by atoms with Crippen LogP contribution in [0, 0.1) is 11.8 Å². The van der Waals surface area contributed by atoms with Gasteiger partial charge < -0.3 is 35.4 Å². The highest BCUT2D eigenvalue weighted by Crippen LogP contribution is 2.45. The summed E-state index contributed by atoms with van der Waals surface area (Å²) in [6, 6.07) is 23.8. The van der Waals surface area contributed by atoms with E-state index in [0.717, 1.165) is 36.8 Å². The lowest BCUT2D eigenvalue weighted by molar-refractivity contribution is -0.144. The first kappa shape index (κ1) is 38.4. The maximum absolute atomic E-state index is 14.4. The number of carbonyl (C=O) groups is 4. The van der Waals surface area contributed by atoms with Crippen molar-refractivity contribution in [2.45, 2.75) is 75.1 Å². The van der Waals surface area contributed by atoms with Gasteiger partial charge in [0.25, 0.3) is 0 Å². The molecule has 2 heterocycles. The van der Waals surface area contributed by atoms with Gasteiger partial charge in [-0.3, -0.25) is 9.59 Å². The second-order valence-electron chi connectivity index (χ2n) is 15.2. The maximum Gasteiger partial charge on any atom is 0.330 e. The van der Waals surface area contributed by atoms with Crippen molar-refractivity contribution in [3.63, 3.8) is 0 Å². The van der Waals surface area contributed by atoms with E-state index in [0.29, 0.717) is 40.6 Å². The Balaban J connectivity index is 1.17. The van der Waals surface area contributed by atoms with Crippen molar-refractivity contribution in [3.05, 3.63) is 103 Å². The average molecular weight is 760 g/mol. The first-order valence-electron chi connectivity index (χ1n) is 19.4. The number of carbonyl (C=O) groups excluding carboxylic acids is 3. The van der Waals surface area contributed by atoms with Gasteiger partial charge in [-0.15, -0.1) is 6.58 Å². The fourth-order valence-electron chi connectivity index (χ4n) is 8.06. The van der Waals surface area contributed by atoms with Gasteiger partial charge in [0.1, 0.15) is 35.2 Å². The van der Waals surface area contributed by atoms with Crippen LogP contribution in [0.15, 0.2) is 97.6 Å². The number of aliphatic carboxylic acids is 1. The number of carboxylic acids is 1. The number of pyridine rings is 1. The molecular formula is C44H49N5O7. The molecule has 3 fully saturated rings. The minimum absolute atomic E-state index is 0.00271. The minimum Gasteiger partial charge on any atom is -0.497 e. The van der Waals surface area contributed by atoms with E-state index in [2.05, 4.69) is 22.5 Å². The zero-order valence-electron chi connectivity index (χ0n) is 31.6. The number of aromatic nitrogens is 1. The monoisotopic (exact) mass is 759 g/mol. The van der Waals surface area contributed by atoms with Gasteiger partial charge in [-0.1, -0.05) is 86.0 Å². The summed E-state index contributed by atoms with van der Waals surface area (Å²) < 4.78 is 12.2. The highest BCUT2D eigenvalue weighted by molar-refractivity contribution is 5.95. The number of fused-ring (bicyclic) bond motifs is 1. The topological polar surface area (TPSA) is 159 Å². The van der Waals surface area contributed by atoms with Crippen LogP contribution in [0.2, 0.25) is 0 Å². The summed E-state index contributed by atoms with van der Waals surface area (Å²) in [7, 11) is 1.58. The van der Waals surface area contributed by atoms with Gasteiger partial charge in [-0.25, -0.2) is 14.6 Å². The van der Waals surface area contributed by atoms with Crippen molar-refractivity contribution in [2.24, 2.45) is 11.8 Å². The highest BCUT2D eigenvalue weighted by Gasteiger charge is 2.61. The lowest BCUT2D eigenvalue weighted by atomic mass is 9.89. The molecule has 1 aliphatic heterocycles. The van der Waals surface area contributed by atoms with Crippen molar-refractivity contribution >= 4 is 34.7 Å². The van der Waals surface area contributed by atoms with Crippen LogP contribution in [0.3, 0.4) is 0 Å². The van der Waals surface area contributed by atoms with Crippen LogP contribution in [0.1, 0.15) is 50.5 Å². The molecule has 2 saturated carbocycles. The molecule has 292 valence electrons. The number of nitrogens with zero attached hydrogens (tertiary/aromatic N) is 2. The molecule has 2 aliphatic carbocycles. The third-order valence-electron chi connectivity index (χ3n) is 11.4. The van der Waals surface area contributed by atoms with Gasteiger partial charge in [0.05, 0.1) is 24.9 Å². The molecule has 5 atom stereocenters. The van der Waals surface area contributed by atoms with Gasteiger partial charge in [0.2, 0.25) is 11.8 Å². The van der Waals surface area contributed by atoms with Crippen molar-refractivity contribution in [1.29, 1.82) is 0 Å². The molecule has 3 aromatic carbocycles. The number of hydrogen-bond acceptors (Lipinski definition) is 7. The predicted molar refractivity (Wildman–Crippen MR) is 212 cm³/mol. The summed E-state index contributed by atoms with van der Waals surface area (Å²) in [6.45, 7) is 4.27. The minimum atomic E-state index is -1.50.